The number of nitrogens with zero attached hydrogens (tertiary/aromatic N) is 3. The molecule has 0 aliphatic carbocycles. The lowest BCUT2D eigenvalue weighted by atomic mass is 10.1. The molecular weight excluding hydrogens is 394 g/mol. The molecule has 2 aromatic carbocycles. The quantitative estimate of drug-likeness (QED) is 0.300. The van der Waals surface area contributed by atoms with Crippen molar-refractivity contribution in [2.24, 2.45) is 5.92 Å². The second-order valence-electron chi connectivity index (χ2n) is 7.90. The predicted molar refractivity (Wildman–Crippen MR) is 122 cm³/mol. The molecule has 0 fully saturated rings. The zero-order valence-electron chi connectivity index (χ0n) is 17.7. The van der Waals surface area contributed by atoms with Crippen molar-refractivity contribution in [3.8, 4) is 11.5 Å². The van der Waals surface area contributed by atoms with Crippen molar-refractivity contribution in [3.05, 3.63) is 75.9 Å². The van der Waals surface area contributed by atoms with Crippen LogP contribution in [0.3, 0.4) is 0 Å². The third kappa shape index (κ3) is 4.19. The summed E-state index contributed by atoms with van der Waals surface area (Å²) in [7, 11) is 0. The van der Waals surface area contributed by atoms with Crippen molar-refractivity contribution >= 4 is 22.7 Å². The van der Waals surface area contributed by atoms with Crippen molar-refractivity contribution in [2.75, 3.05) is 0 Å². The van der Waals surface area contributed by atoms with Gasteiger partial charge in [0.2, 0.25) is 5.89 Å². The van der Waals surface area contributed by atoms with Crippen LogP contribution < -0.4 is 5.56 Å². The van der Waals surface area contributed by atoms with Crippen LogP contribution in [0.1, 0.15) is 30.9 Å². The summed E-state index contributed by atoms with van der Waals surface area (Å²) < 4.78 is 7.69. The highest BCUT2D eigenvalue weighted by atomic mass is 32.2. The number of para-hydroxylation sites is 1. The van der Waals surface area contributed by atoms with Gasteiger partial charge in [-0.2, -0.15) is 0 Å². The van der Waals surface area contributed by atoms with E-state index in [1.165, 1.54) is 17.3 Å². The monoisotopic (exact) mass is 419 g/mol. The molecule has 2 heterocycles. The molecule has 4 rings (SSSR count). The molecule has 0 radical (unpaired) electrons. The number of oxazole rings is 1. The fourth-order valence-corrected chi connectivity index (χ4v) is 4.31. The molecule has 30 heavy (non-hydrogen) atoms. The van der Waals surface area contributed by atoms with Gasteiger partial charge in [0.1, 0.15) is 5.76 Å². The van der Waals surface area contributed by atoms with Crippen molar-refractivity contribution in [3.63, 3.8) is 0 Å². The second-order valence-corrected chi connectivity index (χ2v) is 8.84. The summed E-state index contributed by atoms with van der Waals surface area (Å²) in [5, 5.41) is 1.37. The van der Waals surface area contributed by atoms with Gasteiger partial charge >= 0.3 is 0 Å². The average Bonchev–Trinajstić information content (AvgIpc) is 3.09. The number of hydrogen-bond acceptors (Lipinski definition) is 5. The van der Waals surface area contributed by atoms with E-state index >= 15 is 0 Å². The van der Waals surface area contributed by atoms with E-state index in [0.29, 0.717) is 34.6 Å². The molecule has 0 saturated heterocycles. The van der Waals surface area contributed by atoms with Crippen molar-refractivity contribution < 1.29 is 4.42 Å². The first-order chi connectivity index (χ1) is 14.4. The highest BCUT2D eigenvalue weighted by Crippen LogP contribution is 2.27. The zero-order chi connectivity index (χ0) is 21.3. The molecule has 5 nitrogen and oxygen atoms in total. The Morgan fingerprint density at radius 1 is 1.03 bits per heavy atom. The summed E-state index contributed by atoms with van der Waals surface area (Å²) >= 11 is 1.53. The third-order valence-corrected chi connectivity index (χ3v) is 5.89. The molecule has 0 saturated carbocycles. The van der Waals surface area contributed by atoms with Crippen LogP contribution in [0.15, 0.2) is 62.9 Å². The van der Waals surface area contributed by atoms with Gasteiger partial charge in [0.25, 0.3) is 5.56 Å². The van der Waals surface area contributed by atoms with Crippen molar-refractivity contribution in [2.45, 2.75) is 45.1 Å². The normalized spacial score (nSPS) is 11.5. The number of hydrogen-bond donors (Lipinski definition) is 0. The average molecular weight is 420 g/mol. The van der Waals surface area contributed by atoms with Crippen LogP contribution in [0, 0.1) is 19.8 Å². The number of thioether (sulfide) groups is 1. The molecule has 6 heteroatoms. The van der Waals surface area contributed by atoms with Gasteiger partial charge in [-0.25, -0.2) is 9.97 Å². The van der Waals surface area contributed by atoms with Gasteiger partial charge in [0.05, 0.1) is 16.6 Å². The number of rotatable bonds is 6. The minimum atomic E-state index is 0.00835. The summed E-state index contributed by atoms with van der Waals surface area (Å²) in [4.78, 5) is 22.5. The number of benzene rings is 2. The summed E-state index contributed by atoms with van der Waals surface area (Å²) in [5.74, 6) is 2.34. The lowest BCUT2D eigenvalue weighted by molar-refractivity contribution is 0.475. The molecule has 0 aliphatic rings. The Morgan fingerprint density at radius 2 is 1.77 bits per heavy atom. The fourth-order valence-electron chi connectivity index (χ4n) is 3.30. The van der Waals surface area contributed by atoms with Gasteiger partial charge in [-0.1, -0.05) is 55.4 Å². The molecule has 2 aromatic heterocycles. The van der Waals surface area contributed by atoms with Crippen LogP contribution in [0.5, 0.6) is 0 Å². The van der Waals surface area contributed by atoms with Crippen LogP contribution in [0.2, 0.25) is 0 Å². The largest absolute Gasteiger partial charge is 0.441 e. The second kappa shape index (κ2) is 8.48. The van der Waals surface area contributed by atoms with Crippen LogP contribution >= 0.6 is 11.8 Å². The van der Waals surface area contributed by atoms with Crippen LogP contribution in [0.4, 0.5) is 0 Å². The molecule has 0 N–H and O–H groups in total. The van der Waals surface area contributed by atoms with Crippen LogP contribution in [-0.4, -0.2) is 14.5 Å². The number of aromatic nitrogens is 3. The zero-order valence-corrected chi connectivity index (χ0v) is 18.5. The molecule has 0 aliphatic heterocycles. The van der Waals surface area contributed by atoms with Crippen LogP contribution in [-0.2, 0) is 12.3 Å². The minimum Gasteiger partial charge on any atom is -0.441 e. The van der Waals surface area contributed by atoms with E-state index < -0.39 is 0 Å². The van der Waals surface area contributed by atoms with Gasteiger partial charge in [-0.05, 0) is 44.0 Å². The topological polar surface area (TPSA) is 60.9 Å². The molecule has 0 bridgehead atoms. The fraction of sp³-hybridized carbons (Fsp3) is 0.292. The van der Waals surface area contributed by atoms with E-state index in [4.69, 9.17) is 14.4 Å². The summed E-state index contributed by atoms with van der Waals surface area (Å²) in [6.07, 6.45) is 0. The molecule has 0 atom stereocenters. The molecular formula is C24H25N3O2S. The predicted octanol–water partition coefficient (Wildman–Crippen LogP) is 5.62. The summed E-state index contributed by atoms with van der Waals surface area (Å²) in [6.45, 7) is 8.82. The van der Waals surface area contributed by atoms with E-state index in [0.717, 1.165) is 22.5 Å². The molecule has 0 amide bonds. The van der Waals surface area contributed by atoms with Gasteiger partial charge < -0.3 is 4.42 Å². The van der Waals surface area contributed by atoms with Gasteiger partial charge in [0.15, 0.2) is 5.16 Å². The van der Waals surface area contributed by atoms with Crippen molar-refractivity contribution in [1.82, 2.24) is 14.5 Å². The van der Waals surface area contributed by atoms with E-state index in [-0.39, 0.29) is 5.56 Å². The molecule has 4 aromatic rings. The first-order valence-corrected chi connectivity index (χ1v) is 11.1. The Labute approximate surface area is 180 Å². The van der Waals surface area contributed by atoms with Gasteiger partial charge in [-0.15, -0.1) is 0 Å². The van der Waals surface area contributed by atoms with E-state index in [1.54, 1.807) is 4.57 Å². The van der Waals surface area contributed by atoms with Crippen LogP contribution in [0.25, 0.3) is 22.4 Å². The Morgan fingerprint density at radius 3 is 2.50 bits per heavy atom. The number of fused-ring (bicyclic) bond motifs is 1. The van der Waals surface area contributed by atoms with Crippen molar-refractivity contribution in [1.29, 1.82) is 0 Å². The lowest BCUT2D eigenvalue weighted by Gasteiger charge is -2.14. The highest BCUT2D eigenvalue weighted by molar-refractivity contribution is 7.98. The maximum absolute atomic E-state index is 13.1. The Bertz CT molecular complexity index is 1240. The SMILES string of the molecule is Cc1ccc(-c2nc(CSc3nc4ccccc4c(=O)n3CC(C)C)c(C)o2)cc1. The maximum Gasteiger partial charge on any atom is 0.262 e. The lowest BCUT2D eigenvalue weighted by Crippen LogP contribution is -2.25. The van der Waals surface area contributed by atoms with E-state index in [2.05, 4.69) is 20.8 Å². The first-order valence-electron chi connectivity index (χ1n) is 10.1. The van der Waals surface area contributed by atoms with E-state index in [9.17, 15) is 4.79 Å². The minimum absolute atomic E-state index is 0.00835. The standard InChI is InChI=1S/C24H25N3O2S/c1-15(2)13-27-23(28)19-7-5-6-8-20(19)26-24(27)30-14-21-17(4)29-22(25-21)18-11-9-16(3)10-12-18/h5-12,15H,13-14H2,1-4H3. The highest BCUT2D eigenvalue weighted by Gasteiger charge is 2.16. The molecule has 0 unspecified atom stereocenters. The first kappa shape index (κ1) is 20.4. The third-order valence-electron chi connectivity index (χ3n) is 4.90. The van der Waals surface area contributed by atoms with E-state index in [1.807, 2.05) is 55.5 Å². The Hall–Kier alpha value is -2.86. The van der Waals surface area contributed by atoms with Gasteiger partial charge in [0, 0.05) is 17.9 Å². The smallest absolute Gasteiger partial charge is 0.262 e. The molecule has 154 valence electrons. The summed E-state index contributed by atoms with van der Waals surface area (Å²) in [6, 6.07) is 15.6. The number of aryl methyl sites for hydroxylation is 2. The molecule has 0 spiro atoms. The maximum atomic E-state index is 13.1. The Kier molecular flexibility index (Phi) is 5.77. The summed E-state index contributed by atoms with van der Waals surface area (Å²) in [5.41, 5.74) is 3.76. The van der Waals surface area contributed by atoms with Gasteiger partial charge in [-0.3, -0.25) is 9.36 Å². The Balaban J connectivity index is 1.65.